The van der Waals surface area contributed by atoms with E-state index in [9.17, 15) is 24.3 Å². The maximum atomic E-state index is 12.9. The molecule has 0 bridgehead atoms. The number of carboxylic acids is 1. The third kappa shape index (κ3) is 13.5. The summed E-state index contributed by atoms with van der Waals surface area (Å²) in [4.78, 5) is 47.9. The summed E-state index contributed by atoms with van der Waals surface area (Å²) in [5.41, 5.74) is 9.68. The van der Waals surface area contributed by atoms with Crippen molar-refractivity contribution in [3.05, 3.63) is 0 Å². The van der Waals surface area contributed by atoms with Gasteiger partial charge in [-0.25, -0.2) is 4.79 Å². The smallest absolute Gasteiger partial charge is 0.328 e. The lowest BCUT2D eigenvalue weighted by atomic mass is 10.1. The summed E-state index contributed by atoms with van der Waals surface area (Å²) >= 11 is 1.09. The number of amides is 3. The zero-order valence-electron chi connectivity index (χ0n) is 19.9. The van der Waals surface area contributed by atoms with Gasteiger partial charge in [-0.2, -0.15) is 0 Å². The number of ether oxygens (including phenoxy) is 2. The van der Waals surface area contributed by atoms with Gasteiger partial charge in [0.25, 0.3) is 0 Å². The van der Waals surface area contributed by atoms with E-state index in [1.165, 1.54) is 0 Å². The van der Waals surface area contributed by atoms with Gasteiger partial charge in [-0.3, -0.25) is 14.4 Å². The average Bonchev–Trinajstić information content (AvgIpc) is 2.59. The Morgan fingerprint density at radius 2 is 1.56 bits per heavy atom. The van der Waals surface area contributed by atoms with Crippen molar-refractivity contribution in [3.63, 3.8) is 0 Å². The Kier molecular flexibility index (Phi) is 12.2. The molecule has 4 atom stereocenters. The third-order valence-electron chi connectivity index (χ3n) is 3.77. The molecular weight excluding hydrogens is 440 g/mol. The molecule has 0 spiro atoms. The number of carbonyl (C=O) groups is 4. The Hall–Kier alpha value is -1.89. The standard InChI is InChI=1S/C20H38N4O7S/c1-11(31-20(5,6)7)15(24-16(26)12(21)9-32-10-14(22)25)17(27)23-13(18(28)29)8-30-19(2,3)4/h11-13,15H,8-10,21H2,1-7H3,(H2,22,25)(H,23,27)(H,24,26)(H,28,29)/t11-,12+,13+,15+/m1/s1. The molecular formula is C20H38N4O7S. The number of nitrogens with one attached hydrogen (secondary N) is 2. The number of primary amides is 1. The Balaban J connectivity index is 5.40. The molecule has 0 heterocycles. The van der Waals surface area contributed by atoms with Crippen molar-refractivity contribution in [1.29, 1.82) is 0 Å². The van der Waals surface area contributed by atoms with Crippen LogP contribution in [0.3, 0.4) is 0 Å². The van der Waals surface area contributed by atoms with Crippen LogP contribution in [0.5, 0.6) is 0 Å². The molecule has 0 fully saturated rings. The maximum absolute atomic E-state index is 12.9. The van der Waals surface area contributed by atoms with Crippen molar-refractivity contribution in [2.24, 2.45) is 11.5 Å². The summed E-state index contributed by atoms with van der Waals surface area (Å²) in [7, 11) is 0. The van der Waals surface area contributed by atoms with E-state index in [2.05, 4.69) is 10.6 Å². The van der Waals surface area contributed by atoms with Gasteiger partial charge in [0.1, 0.15) is 6.04 Å². The highest BCUT2D eigenvalue weighted by Gasteiger charge is 2.34. The van der Waals surface area contributed by atoms with Gasteiger partial charge < -0.3 is 36.7 Å². The lowest BCUT2D eigenvalue weighted by Crippen LogP contribution is -2.60. The summed E-state index contributed by atoms with van der Waals surface area (Å²) in [5, 5.41) is 14.4. The van der Waals surface area contributed by atoms with Crippen LogP contribution in [0.4, 0.5) is 0 Å². The average molecular weight is 479 g/mol. The number of aliphatic carboxylic acids is 1. The number of nitrogens with two attached hydrogens (primary N) is 2. The van der Waals surface area contributed by atoms with E-state index in [0.29, 0.717) is 0 Å². The Morgan fingerprint density at radius 1 is 1.00 bits per heavy atom. The van der Waals surface area contributed by atoms with Gasteiger partial charge in [-0.1, -0.05) is 0 Å². The van der Waals surface area contributed by atoms with Crippen LogP contribution in [-0.4, -0.2) is 82.3 Å². The minimum atomic E-state index is -1.33. The fraction of sp³-hybridized carbons (Fsp3) is 0.800. The molecule has 0 aliphatic rings. The number of rotatable bonds is 13. The molecule has 3 amide bonds. The fourth-order valence-electron chi connectivity index (χ4n) is 2.41. The largest absolute Gasteiger partial charge is 0.480 e. The van der Waals surface area contributed by atoms with Crippen LogP contribution in [0.15, 0.2) is 0 Å². The number of carbonyl (C=O) groups excluding carboxylic acids is 3. The van der Waals surface area contributed by atoms with Crippen LogP contribution >= 0.6 is 11.8 Å². The zero-order valence-corrected chi connectivity index (χ0v) is 20.7. The van der Waals surface area contributed by atoms with E-state index in [0.717, 1.165) is 11.8 Å². The van der Waals surface area contributed by atoms with Gasteiger partial charge in [0, 0.05) is 5.75 Å². The van der Waals surface area contributed by atoms with Crippen LogP contribution < -0.4 is 22.1 Å². The van der Waals surface area contributed by atoms with Crippen molar-refractivity contribution in [2.75, 3.05) is 18.1 Å². The van der Waals surface area contributed by atoms with Gasteiger partial charge >= 0.3 is 5.97 Å². The van der Waals surface area contributed by atoms with Gasteiger partial charge in [0.2, 0.25) is 17.7 Å². The molecule has 0 aromatic rings. The molecule has 0 aromatic heterocycles. The molecule has 0 saturated carbocycles. The van der Waals surface area contributed by atoms with Gasteiger partial charge in [0.05, 0.1) is 35.7 Å². The summed E-state index contributed by atoms with van der Waals surface area (Å²) in [5.74, 6) is -3.11. The predicted octanol–water partition coefficient (Wildman–Crippen LogP) is -0.395. The van der Waals surface area contributed by atoms with E-state index >= 15 is 0 Å². The second kappa shape index (κ2) is 13.0. The van der Waals surface area contributed by atoms with Crippen molar-refractivity contribution in [1.82, 2.24) is 10.6 Å². The van der Waals surface area contributed by atoms with Gasteiger partial charge in [0.15, 0.2) is 6.04 Å². The molecule has 0 rings (SSSR count). The lowest BCUT2D eigenvalue weighted by Gasteiger charge is -2.32. The number of hydrogen-bond acceptors (Lipinski definition) is 8. The molecule has 12 heteroatoms. The molecule has 0 radical (unpaired) electrons. The topological polar surface area (TPSA) is 183 Å². The summed E-state index contributed by atoms with van der Waals surface area (Å²) in [6.07, 6.45) is -0.803. The maximum Gasteiger partial charge on any atom is 0.328 e. The highest BCUT2D eigenvalue weighted by Crippen LogP contribution is 2.14. The monoisotopic (exact) mass is 478 g/mol. The van der Waals surface area contributed by atoms with E-state index in [4.69, 9.17) is 20.9 Å². The lowest BCUT2D eigenvalue weighted by molar-refractivity contribution is -0.148. The molecule has 186 valence electrons. The van der Waals surface area contributed by atoms with Crippen molar-refractivity contribution >= 4 is 35.5 Å². The minimum Gasteiger partial charge on any atom is -0.480 e. The van der Waals surface area contributed by atoms with Crippen LogP contribution in [-0.2, 0) is 28.7 Å². The first-order valence-corrected chi connectivity index (χ1v) is 11.4. The van der Waals surface area contributed by atoms with Crippen LogP contribution in [0.25, 0.3) is 0 Å². The third-order valence-corrected chi connectivity index (χ3v) is 4.85. The van der Waals surface area contributed by atoms with E-state index in [-0.39, 0.29) is 18.1 Å². The molecule has 7 N–H and O–H groups in total. The summed E-state index contributed by atoms with van der Waals surface area (Å²) in [6, 6.07) is -3.57. The summed E-state index contributed by atoms with van der Waals surface area (Å²) < 4.78 is 11.3. The van der Waals surface area contributed by atoms with E-state index < -0.39 is 59.1 Å². The quantitative estimate of drug-likeness (QED) is 0.235. The zero-order chi connectivity index (χ0) is 25.3. The molecule has 32 heavy (non-hydrogen) atoms. The second-order valence-corrected chi connectivity index (χ2v) is 10.4. The second-order valence-electron chi connectivity index (χ2n) is 9.33. The first kappa shape index (κ1) is 30.1. The number of thioether (sulfide) groups is 1. The van der Waals surface area contributed by atoms with Crippen molar-refractivity contribution < 1.29 is 33.8 Å². The first-order valence-electron chi connectivity index (χ1n) is 10.2. The Morgan fingerprint density at radius 3 is 2.00 bits per heavy atom. The number of carboxylic acid groups (broad SMARTS) is 1. The van der Waals surface area contributed by atoms with E-state index in [1.807, 2.05) is 0 Å². The van der Waals surface area contributed by atoms with E-state index in [1.54, 1.807) is 48.5 Å². The van der Waals surface area contributed by atoms with Crippen LogP contribution in [0, 0.1) is 0 Å². The van der Waals surface area contributed by atoms with Crippen molar-refractivity contribution in [2.45, 2.75) is 83.9 Å². The molecule has 0 unspecified atom stereocenters. The summed E-state index contributed by atoms with van der Waals surface area (Å²) in [6.45, 7) is 11.9. The van der Waals surface area contributed by atoms with Gasteiger partial charge in [-0.05, 0) is 48.5 Å². The predicted molar refractivity (Wildman–Crippen MR) is 122 cm³/mol. The fourth-order valence-corrected chi connectivity index (χ4v) is 3.14. The first-order chi connectivity index (χ1) is 14.4. The van der Waals surface area contributed by atoms with Gasteiger partial charge in [-0.15, -0.1) is 11.8 Å². The minimum absolute atomic E-state index is 0.00248. The molecule has 0 aliphatic carbocycles. The normalized spacial score (nSPS) is 15.9. The number of hydrogen-bond donors (Lipinski definition) is 5. The van der Waals surface area contributed by atoms with Crippen molar-refractivity contribution in [3.8, 4) is 0 Å². The molecule has 0 aromatic carbocycles. The Labute approximate surface area is 193 Å². The SMILES string of the molecule is C[C@@H](OC(C)(C)C)[C@H](NC(=O)[C@@H](N)CSCC(N)=O)C(=O)N[C@@H](COC(C)(C)C)C(=O)O. The molecule has 0 aliphatic heterocycles. The van der Waals surface area contributed by atoms with Crippen LogP contribution in [0.1, 0.15) is 48.5 Å². The highest BCUT2D eigenvalue weighted by atomic mass is 32.2. The molecule has 0 saturated heterocycles. The Bertz CT molecular complexity index is 661. The van der Waals surface area contributed by atoms with Crippen LogP contribution in [0.2, 0.25) is 0 Å². The molecule has 11 nitrogen and oxygen atoms in total. The highest BCUT2D eigenvalue weighted by molar-refractivity contribution is 8.00.